The Kier molecular flexibility index (Phi) is 17.3. The van der Waals surface area contributed by atoms with Crippen LogP contribution in [0.3, 0.4) is 0 Å². The molecule has 0 heterocycles. The predicted molar refractivity (Wildman–Crippen MR) is 129 cm³/mol. The minimum absolute atomic E-state index is 0.00927. The summed E-state index contributed by atoms with van der Waals surface area (Å²) < 4.78 is 5.86. The molecule has 0 fully saturated rings. The summed E-state index contributed by atoms with van der Waals surface area (Å²) in [6.07, 6.45) is 2.76. The molecule has 32 heavy (non-hydrogen) atoms. The number of ether oxygens (including phenoxy) is 1. The van der Waals surface area contributed by atoms with E-state index in [1.165, 1.54) is 5.69 Å². The molecule has 0 radical (unpaired) electrons. The van der Waals surface area contributed by atoms with Crippen molar-refractivity contribution in [3.8, 4) is 0 Å². The summed E-state index contributed by atoms with van der Waals surface area (Å²) in [4.78, 5) is 6.43. The molecule has 8 heteroatoms. The van der Waals surface area contributed by atoms with Crippen molar-refractivity contribution in [3.63, 3.8) is 0 Å². The van der Waals surface area contributed by atoms with Crippen LogP contribution in [0, 0.1) is 0 Å². The Hall–Kier alpha value is -1.26. The minimum Gasteiger partial charge on any atom is -0.395 e. The van der Waals surface area contributed by atoms with Crippen molar-refractivity contribution in [2.75, 3.05) is 90.4 Å². The van der Waals surface area contributed by atoms with E-state index in [1.54, 1.807) is 0 Å². The molecule has 4 N–H and O–H groups in total. The lowest BCUT2D eigenvalue weighted by atomic mass is 10.1. The topological polar surface area (TPSA) is 99.9 Å². The number of hydrogen-bond donors (Lipinski definition) is 4. The first-order valence-electron chi connectivity index (χ1n) is 12.0. The highest BCUT2D eigenvalue weighted by atomic mass is 16.5. The maximum absolute atomic E-state index is 9.73. The van der Waals surface area contributed by atoms with Gasteiger partial charge in [-0.25, -0.2) is 0 Å². The third kappa shape index (κ3) is 12.1. The number of aliphatic hydroxyl groups is 4. The van der Waals surface area contributed by atoms with E-state index in [0.29, 0.717) is 45.8 Å². The van der Waals surface area contributed by atoms with Gasteiger partial charge in [0.25, 0.3) is 0 Å². The Morgan fingerprint density at radius 1 is 0.781 bits per heavy atom. The average Bonchev–Trinajstić information content (AvgIpc) is 2.81. The average molecular weight is 456 g/mol. The van der Waals surface area contributed by atoms with E-state index >= 15 is 0 Å². The van der Waals surface area contributed by atoms with Gasteiger partial charge in [-0.05, 0) is 37.9 Å². The Labute approximate surface area is 194 Å². The molecular formula is C24H45N3O5. The quantitative estimate of drug-likeness (QED) is 0.201. The van der Waals surface area contributed by atoms with Crippen molar-refractivity contribution in [2.24, 2.45) is 0 Å². The van der Waals surface area contributed by atoms with Gasteiger partial charge in [-0.15, -0.1) is 0 Å². The molecule has 1 unspecified atom stereocenters. The summed E-state index contributed by atoms with van der Waals surface area (Å²) in [5.41, 5.74) is 1.25. The first-order chi connectivity index (χ1) is 15.7. The largest absolute Gasteiger partial charge is 0.395 e. The molecule has 0 saturated carbocycles. The van der Waals surface area contributed by atoms with E-state index in [-0.39, 0.29) is 32.5 Å². The van der Waals surface area contributed by atoms with Crippen molar-refractivity contribution in [3.05, 3.63) is 30.3 Å². The third-order valence-corrected chi connectivity index (χ3v) is 5.58. The van der Waals surface area contributed by atoms with Crippen LogP contribution in [-0.2, 0) is 4.74 Å². The first kappa shape index (κ1) is 28.8. The summed E-state index contributed by atoms with van der Waals surface area (Å²) in [6.45, 7) is 8.33. The smallest absolute Gasteiger partial charge is 0.0593 e. The van der Waals surface area contributed by atoms with E-state index in [9.17, 15) is 20.4 Å². The monoisotopic (exact) mass is 455 g/mol. The second-order valence-corrected chi connectivity index (χ2v) is 7.96. The SMILES string of the molecule is CCCN(CCCOCCN(CCO)CCC(CO)N(CCO)CCO)c1ccccc1. The molecule has 8 nitrogen and oxygen atoms in total. The van der Waals surface area contributed by atoms with Gasteiger partial charge < -0.3 is 30.1 Å². The number of hydrogen-bond acceptors (Lipinski definition) is 8. The predicted octanol–water partition coefficient (Wildman–Crippen LogP) is 0.642. The van der Waals surface area contributed by atoms with Crippen molar-refractivity contribution in [1.82, 2.24) is 9.80 Å². The molecular weight excluding hydrogens is 410 g/mol. The highest BCUT2D eigenvalue weighted by Crippen LogP contribution is 2.14. The highest BCUT2D eigenvalue weighted by molar-refractivity contribution is 5.45. The number of para-hydroxylation sites is 1. The summed E-state index contributed by atoms with van der Waals surface area (Å²) in [5, 5.41) is 37.5. The van der Waals surface area contributed by atoms with Gasteiger partial charge in [-0.3, -0.25) is 9.80 Å². The lowest BCUT2D eigenvalue weighted by Gasteiger charge is -2.31. The van der Waals surface area contributed by atoms with Crippen molar-refractivity contribution in [2.45, 2.75) is 32.2 Å². The van der Waals surface area contributed by atoms with Gasteiger partial charge in [0.15, 0.2) is 0 Å². The van der Waals surface area contributed by atoms with Gasteiger partial charge in [-0.2, -0.15) is 0 Å². The van der Waals surface area contributed by atoms with Crippen LogP contribution < -0.4 is 4.90 Å². The summed E-state index contributed by atoms with van der Waals surface area (Å²) in [6, 6.07) is 10.3. The fourth-order valence-corrected chi connectivity index (χ4v) is 3.86. The summed E-state index contributed by atoms with van der Waals surface area (Å²) in [7, 11) is 0. The zero-order valence-corrected chi connectivity index (χ0v) is 19.8. The minimum atomic E-state index is -0.126. The number of aliphatic hydroxyl groups excluding tert-OH is 4. The molecule has 0 aliphatic heterocycles. The zero-order valence-electron chi connectivity index (χ0n) is 19.8. The second kappa shape index (κ2) is 19.2. The summed E-state index contributed by atoms with van der Waals surface area (Å²) >= 11 is 0. The number of nitrogens with zero attached hydrogens (tertiary/aromatic N) is 3. The van der Waals surface area contributed by atoms with Gasteiger partial charge in [0, 0.05) is 57.6 Å². The van der Waals surface area contributed by atoms with Crippen molar-refractivity contribution < 1.29 is 25.2 Å². The highest BCUT2D eigenvalue weighted by Gasteiger charge is 2.18. The van der Waals surface area contributed by atoms with E-state index in [1.807, 2.05) is 11.0 Å². The Morgan fingerprint density at radius 2 is 1.47 bits per heavy atom. The maximum Gasteiger partial charge on any atom is 0.0593 e. The van der Waals surface area contributed by atoms with Crippen LogP contribution >= 0.6 is 0 Å². The van der Waals surface area contributed by atoms with Crippen molar-refractivity contribution in [1.29, 1.82) is 0 Å². The molecule has 0 aliphatic rings. The van der Waals surface area contributed by atoms with E-state index in [0.717, 1.165) is 32.5 Å². The van der Waals surface area contributed by atoms with Gasteiger partial charge >= 0.3 is 0 Å². The van der Waals surface area contributed by atoms with Crippen LogP contribution in [0.25, 0.3) is 0 Å². The van der Waals surface area contributed by atoms with Gasteiger partial charge in [0.05, 0.1) is 33.0 Å². The van der Waals surface area contributed by atoms with Crippen LogP contribution in [0.4, 0.5) is 5.69 Å². The van der Waals surface area contributed by atoms with E-state index in [4.69, 9.17) is 4.74 Å². The molecule has 0 saturated heterocycles. The maximum atomic E-state index is 9.73. The zero-order chi connectivity index (χ0) is 23.4. The van der Waals surface area contributed by atoms with Crippen LogP contribution in [0.15, 0.2) is 30.3 Å². The molecule has 1 rings (SSSR count). The molecule has 0 aromatic heterocycles. The normalized spacial score (nSPS) is 12.6. The fraction of sp³-hybridized carbons (Fsp3) is 0.750. The lowest BCUT2D eigenvalue weighted by Crippen LogP contribution is -2.44. The molecule has 0 amide bonds. The molecule has 0 bridgehead atoms. The van der Waals surface area contributed by atoms with E-state index < -0.39 is 0 Å². The van der Waals surface area contributed by atoms with Crippen LogP contribution in [0.1, 0.15) is 26.2 Å². The fourth-order valence-electron chi connectivity index (χ4n) is 3.86. The molecule has 1 aromatic rings. The van der Waals surface area contributed by atoms with Crippen LogP contribution in [-0.4, -0.2) is 122 Å². The molecule has 0 spiro atoms. The van der Waals surface area contributed by atoms with Gasteiger partial charge in [0.1, 0.15) is 0 Å². The van der Waals surface area contributed by atoms with Gasteiger partial charge in [0.2, 0.25) is 0 Å². The first-order valence-corrected chi connectivity index (χ1v) is 12.0. The summed E-state index contributed by atoms with van der Waals surface area (Å²) in [5.74, 6) is 0. The molecule has 186 valence electrons. The standard InChI is InChI=1S/C24H45N3O5/c1-2-10-26(23-7-4-3-5-8-23)11-6-20-32-21-16-25(13-17-28)12-9-24(22-31)27(14-18-29)15-19-30/h3-5,7-8,24,28-31H,2,6,9-22H2,1H3. The second-order valence-electron chi connectivity index (χ2n) is 7.96. The Bertz CT molecular complexity index is 532. The van der Waals surface area contributed by atoms with E-state index in [2.05, 4.69) is 41.0 Å². The van der Waals surface area contributed by atoms with Crippen LogP contribution in [0.5, 0.6) is 0 Å². The lowest BCUT2D eigenvalue weighted by molar-refractivity contribution is 0.0621. The van der Waals surface area contributed by atoms with Gasteiger partial charge in [-0.1, -0.05) is 25.1 Å². The Morgan fingerprint density at radius 3 is 2.06 bits per heavy atom. The number of anilines is 1. The van der Waals surface area contributed by atoms with Crippen molar-refractivity contribution >= 4 is 5.69 Å². The molecule has 1 aromatic carbocycles. The molecule has 0 aliphatic carbocycles. The Balaban J connectivity index is 2.34. The van der Waals surface area contributed by atoms with Crippen LogP contribution in [0.2, 0.25) is 0 Å². The third-order valence-electron chi connectivity index (χ3n) is 5.58. The number of benzene rings is 1. The number of rotatable bonds is 21. The molecule has 1 atom stereocenters.